The predicted octanol–water partition coefficient (Wildman–Crippen LogP) is 3.47. The van der Waals surface area contributed by atoms with Crippen LogP contribution in [0.3, 0.4) is 0 Å². The first-order chi connectivity index (χ1) is 11.6. The van der Waals surface area contributed by atoms with Crippen LogP contribution in [0.2, 0.25) is 0 Å². The number of likely N-dealkylation sites (tertiary alicyclic amines) is 1. The highest BCUT2D eigenvalue weighted by Gasteiger charge is 2.31. The summed E-state index contributed by atoms with van der Waals surface area (Å²) >= 11 is 0. The fourth-order valence-electron chi connectivity index (χ4n) is 3.52. The molecule has 2 aliphatic heterocycles. The van der Waals surface area contributed by atoms with Gasteiger partial charge in [-0.1, -0.05) is 5.16 Å². The molecule has 0 radical (unpaired) electrons. The summed E-state index contributed by atoms with van der Waals surface area (Å²) in [6.07, 6.45) is 3.22. The van der Waals surface area contributed by atoms with Gasteiger partial charge >= 0.3 is 0 Å². The molecule has 0 N–H and O–H groups in total. The number of aromatic nitrogens is 1. The second-order valence-electron chi connectivity index (χ2n) is 6.49. The number of piperidine rings is 1. The number of carbonyl (C=O) groups is 1. The van der Waals surface area contributed by atoms with E-state index in [1.807, 2.05) is 23.1 Å². The first-order valence-electron chi connectivity index (χ1n) is 8.33. The summed E-state index contributed by atoms with van der Waals surface area (Å²) in [6, 6.07) is 7.70. The van der Waals surface area contributed by atoms with Gasteiger partial charge in [0.15, 0.2) is 23.0 Å². The van der Waals surface area contributed by atoms with E-state index in [0.717, 1.165) is 24.8 Å². The molecule has 2 aromatic rings. The summed E-state index contributed by atoms with van der Waals surface area (Å²) in [5.74, 6) is 1.87. The van der Waals surface area contributed by atoms with Crippen molar-refractivity contribution < 1.29 is 18.8 Å². The lowest BCUT2D eigenvalue weighted by atomic mass is 9.97. The molecule has 1 amide bonds. The Morgan fingerprint density at radius 1 is 1.12 bits per heavy atom. The summed E-state index contributed by atoms with van der Waals surface area (Å²) in [5, 5.41) is 3.99. The van der Waals surface area contributed by atoms with Crippen molar-refractivity contribution in [1.29, 1.82) is 0 Å². The molecule has 24 heavy (non-hydrogen) atoms. The van der Waals surface area contributed by atoms with E-state index < -0.39 is 0 Å². The van der Waals surface area contributed by atoms with E-state index in [0.29, 0.717) is 23.0 Å². The molecule has 6 heteroatoms. The maximum absolute atomic E-state index is 12.8. The zero-order valence-electron chi connectivity index (χ0n) is 13.8. The second kappa shape index (κ2) is 5.85. The number of ether oxygens (including phenoxy) is 2. The lowest BCUT2D eigenvalue weighted by Crippen LogP contribution is -2.47. The van der Waals surface area contributed by atoms with Crippen molar-refractivity contribution in [3.63, 3.8) is 0 Å². The van der Waals surface area contributed by atoms with E-state index in [1.165, 1.54) is 0 Å². The maximum atomic E-state index is 12.8. The fraction of sp³-hybridized carbons (Fsp3) is 0.444. The monoisotopic (exact) mass is 328 g/mol. The first-order valence-corrected chi connectivity index (χ1v) is 8.33. The SMILES string of the molecule is C[C@@H]1CCC[C@@H](C)N1C(=O)c1cc(-c2ccc3c(c2)OCO3)on1. The molecular weight excluding hydrogens is 308 g/mol. The third-order valence-electron chi connectivity index (χ3n) is 4.81. The number of fused-ring (bicyclic) bond motifs is 1. The molecule has 4 rings (SSSR count). The lowest BCUT2D eigenvalue weighted by molar-refractivity contribution is 0.0500. The summed E-state index contributed by atoms with van der Waals surface area (Å²) in [4.78, 5) is 14.7. The number of hydrogen-bond donors (Lipinski definition) is 0. The molecule has 0 bridgehead atoms. The number of hydrogen-bond acceptors (Lipinski definition) is 5. The van der Waals surface area contributed by atoms with Gasteiger partial charge in [-0.2, -0.15) is 0 Å². The summed E-state index contributed by atoms with van der Waals surface area (Å²) < 4.78 is 16.1. The van der Waals surface area contributed by atoms with Crippen LogP contribution in [0.1, 0.15) is 43.6 Å². The van der Waals surface area contributed by atoms with Crippen LogP contribution in [0.15, 0.2) is 28.8 Å². The largest absolute Gasteiger partial charge is 0.454 e. The zero-order valence-corrected chi connectivity index (χ0v) is 13.8. The molecule has 1 aromatic heterocycles. The van der Waals surface area contributed by atoms with E-state index >= 15 is 0 Å². The lowest BCUT2D eigenvalue weighted by Gasteiger charge is -2.38. The highest BCUT2D eigenvalue weighted by atomic mass is 16.7. The molecule has 1 fully saturated rings. The van der Waals surface area contributed by atoms with Crippen molar-refractivity contribution >= 4 is 5.91 Å². The minimum atomic E-state index is -0.0644. The summed E-state index contributed by atoms with van der Waals surface area (Å²) in [5.41, 5.74) is 1.16. The Morgan fingerprint density at radius 3 is 2.67 bits per heavy atom. The van der Waals surface area contributed by atoms with Crippen LogP contribution in [0.5, 0.6) is 11.5 Å². The molecule has 2 atom stereocenters. The minimum absolute atomic E-state index is 0.0644. The van der Waals surface area contributed by atoms with E-state index in [2.05, 4.69) is 19.0 Å². The molecule has 3 heterocycles. The van der Waals surface area contributed by atoms with Crippen molar-refractivity contribution in [2.45, 2.75) is 45.2 Å². The number of amides is 1. The van der Waals surface area contributed by atoms with Gasteiger partial charge in [0, 0.05) is 23.7 Å². The first kappa shape index (κ1) is 15.1. The number of benzene rings is 1. The summed E-state index contributed by atoms with van der Waals surface area (Å²) in [6.45, 7) is 4.41. The van der Waals surface area contributed by atoms with Crippen molar-refractivity contribution in [2.75, 3.05) is 6.79 Å². The molecule has 2 aliphatic rings. The van der Waals surface area contributed by atoms with Crippen molar-refractivity contribution in [1.82, 2.24) is 10.1 Å². The van der Waals surface area contributed by atoms with Crippen LogP contribution in [0.25, 0.3) is 11.3 Å². The van der Waals surface area contributed by atoms with Crippen molar-refractivity contribution in [3.05, 3.63) is 30.0 Å². The average molecular weight is 328 g/mol. The van der Waals surface area contributed by atoms with E-state index in [9.17, 15) is 4.79 Å². The van der Waals surface area contributed by atoms with Crippen LogP contribution in [-0.4, -0.2) is 34.8 Å². The number of carbonyl (C=O) groups excluding carboxylic acids is 1. The van der Waals surface area contributed by atoms with Crippen molar-refractivity contribution in [3.8, 4) is 22.8 Å². The van der Waals surface area contributed by atoms with Gasteiger partial charge in [0.25, 0.3) is 5.91 Å². The van der Waals surface area contributed by atoms with Crippen LogP contribution in [0.4, 0.5) is 0 Å². The highest BCUT2D eigenvalue weighted by molar-refractivity contribution is 5.93. The predicted molar refractivity (Wildman–Crippen MR) is 87.0 cm³/mol. The molecule has 0 unspecified atom stereocenters. The van der Waals surface area contributed by atoms with Crippen LogP contribution >= 0.6 is 0 Å². The third-order valence-corrected chi connectivity index (χ3v) is 4.81. The maximum Gasteiger partial charge on any atom is 0.276 e. The van der Waals surface area contributed by atoms with Crippen molar-refractivity contribution in [2.24, 2.45) is 0 Å². The standard InChI is InChI=1S/C18H20N2O4/c1-11-4-3-5-12(2)20(11)18(21)14-9-16(24-19-14)13-6-7-15-17(8-13)23-10-22-15/h6-9,11-12H,3-5,10H2,1-2H3/t11-,12-/m1/s1. The summed E-state index contributed by atoms with van der Waals surface area (Å²) in [7, 11) is 0. The second-order valence-corrected chi connectivity index (χ2v) is 6.49. The number of rotatable bonds is 2. The zero-order chi connectivity index (χ0) is 16.7. The van der Waals surface area contributed by atoms with Crippen LogP contribution < -0.4 is 9.47 Å². The smallest absolute Gasteiger partial charge is 0.276 e. The quantitative estimate of drug-likeness (QED) is 0.844. The van der Waals surface area contributed by atoms with Gasteiger partial charge in [0.2, 0.25) is 6.79 Å². The molecular formula is C18H20N2O4. The molecule has 6 nitrogen and oxygen atoms in total. The highest BCUT2D eigenvalue weighted by Crippen LogP contribution is 2.36. The van der Waals surface area contributed by atoms with E-state index in [-0.39, 0.29) is 24.8 Å². The molecule has 126 valence electrons. The van der Waals surface area contributed by atoms with Crippen LogP contribution in [-0.2, 0) is 0 Å². The number of nitrogens with zero attached hydrogens (tertiary/aromatic N) is 2. The van der Waals surface area contributed by atoms with Gasteiger partial charge in [0.05, 0.1) is 0 Å². The normalized spacial score (nSPS) is 22.7. The molecule has 0 spiro atoms. The van der Waals surface area contributed by atoms with E-state index in [4.69, 9.17) is 14.0 Å². The molecule has 1 aromatic carbocycles. The third kappa shape index (κ3) is 2.52. The Labute approximate surface area is 140 Å². The Bertz CT molecular complexity index is 760. The Kier molecular flexibility index (Phi) is 3.67. The molecule has 1 saturated heterocycles. The van der Waals surface area contributed by atoms with E-state index in [1.54, 1.807) is 6.07 Å². The topological polar surface area (TPSA) is 64.8 Å². The van der Waals surface area contributed by atoms with Gasteiger partial charge < -0.3 is 18.9 Å². The van der Waals surface area contributed by atoms with Gasteiger partial charge in [-0.05, 0) is 51.3 Å². The van der Waals surface area contributed by atoms with Gasteiger partial charge in [-0.3, -0.25) is 4.79 Å². The van der Waals surface area contributed by atoms with Crippen LogP contribution in [0, 0.1) is 0 Å². The molecule has 0 aliphatic carbocycles. The van der Waals surface area contributed by atoms with Gasteiger partial charge in [-0.25, -0.2) is 0 Å². The Morgan fingerprint density at radius 2 is 1.88 bits per heavy atom. The minimum Gasteiger partial charge on any atom is -0.454 e. The van der Waals surface area contributed by atoms with Gasteiger partial charge in [0.1, 0.15) is 0 Å². The average Bonchev–Trinajstić information content (AvgIpc) is 3.23. The fourth-order valence-corrected chi connectivity index (χ4v) is 3.52. The Hall–Kier alpha value is -2.50. The van der Waals surface area contributed by atoms with Gasteiger partial charge in [-0.15, -0.1) is 0 Å². The Balaban J connectivity index is 1.59. The molecule has 0 saturated carbocycles.